The Morgan fingerprint density at radius 3 is 2.42 bits per heavy atom. The fourth-order valence-corrected chi connectivity index (χ4v) is 2.34. The lowest BCUT2D eigenvalue weighted by atomic mass is 9.76. The van der Waals surface area contributed by atoms with Crippen molar-refractivity contribution in [3.05, 3.63) is 33.2 Å². The van der Waals surface area contributed by atoms with E-state index in [2.05, 4.69) is 10.3 Å². The monoisotopic (exact) mass is 264 g/mol. The smallest absolute Gasteiger partial charge is 0.329 e. The Morgan fingerprint density at radius 1 is 1.37 bits per heavy atom. The van der Waals surface area contributed by atoms with Crippen LogP contribution in [0.1, 0.15) is 40.9 Å². The van der Waals surface area contributed by atoms with E-state index in [1.54, 1.807) is 19.9 Å². The highest BCUT2D eigenvalue weighted by Crippen LogP contribution is 2.32. The predicted molar refractivity (Wildman–Crippen MR) is 68.2 cm³/mol. The number of carbonyl (C=O) groups excluding carboxylic acids is 1. The van der Waals surface area contributed by atoms with E-state index in [9.17, 15) is 14.4 Å². The normalized spacial score (nSPS) is 16.5. The first-order valence-corrected chi connectivity index (χ1v) is 6.12. The molecular formula is C13H16N2O4. The average molecular weight is 264 g/mol. The summed E-state index contributed by atoms with van der Waals surface area (Å²) in [6.45, 7) is 3.38. The van der Waals surface area contributed by atoms with E-state index in [0.717, 1.165) is 6.42 Å². The number of nitrogens with one attached hydrogen (secondary N) is 2. The third-order valence-corrected chi connectivity index (χ3v) is 3.56. The second-order valence-corrected chi connectivity index (χ2v) is 5.03. The molecule has 1 aromatic heterocycles. The first-order valence-electron chi connectivity index (χ1n) is 6.12. The SMILES string of the molecule is Cc1cc(C)c(C(=O)NC2(C(=O)O)CCC2)c(=O)[nH]1. The van der Waals surface area contributed by atoms with Crippen LogP contribution in [0.3, 0.4) is 0 Å². The Balaban J connectivity index is 2.31. The summed E-state index contributed by atoms with van der Waals surface area (Å²) in [5.74, 6) is -1.67. The van der Waals surface area contributed by atoms with Crippen LogP contribution < -0.4 is 10.9 Å². The lowest BCUT2D eigenvalue weighted by Gasteiger charge is -2.38. The summed E-state index contributed by atoms with van der Waals surface area (Å²) in [5.41, 5.74) is -0.511. The molecule has 0 radical (unpaired) electrons. The van der Waals surface area contributed by atoms with Crippen LogP contribution in [0, 0.1) is 13.8 Å². The molecule has 19 heavy (non-hydrogen) atoms. The van der Waals surface area contributed by atoms with Gasteiger partial charge in [-0.3, -0.25) is 9.59 Å². The first-order chi connectivity index (χ1) is 8.85. The largest absolute Gasteiger partial charge is 0.480 e. The number of aromatic amines is 1. The van der Waals surface area contributed by atoms with Crippen LogP contribution in [0.5, 0.6) is 0 Å². The maximum atomic E-state index is 12.1. The fraction of sp³-hybridized carbons (Fsp3) is 0.462. The molecule has 1 aromatic rings. The first kappa shape index (κ1) is 13.3. The van der Waals surface area contributed by atoms with Crippen molar-refractivity contribution in [1.29, 1.82) is 0 Å². The highest BCUT2D eigenvalue weighted by atomic mass is 16.4. The molecule has 0 atom stereocenters. The molecule has 0 aromatic carbocycles. The second kappa shape index (κ2) is 4.53. The number of amides is 1. The van der Waals surface area contributed by atoms with Crippen molar-refractivity contribution in [1.82, 2.24) is 10.3 Å². The van der Waals surface area contributed by atoms with E-state index in [-0.39, 0.29) is 5.56 Å². The van der Waals surface area contributed by atoms with Crippen molar-refractivity contribution in [2.75, 3.05) is 0 Å². The number of H-pyrrole nitrogens is 1. The zero-order valence-corrected chi connectivity index (χ0v) is 10.9. The van der Waals surface area contributed by atoms with Crippen molar-refractivity contribution < 1.29 is 14.7 Å². The number of aromatic nitrogens is 1. The second-order valence-electron chi connectivity index (χ2n) is 5.03. The van der Waals surface area contributed by atoms with Crippen LogP contribution in [0.25, 0.3) is 0 Å². The number of carboxylic acid groups (broad SMARTS) is 1. The highest BCUT2D eigenvalue weighted by molar-refractivity contribution is 5.99. The highest BCUT2D eigenvalue weighted by Gasteiger charge is 2.46. The van der Waals surface area contributed by atoms with Gasteiger partial charge in [0.1, 0.15) is 11.1 Å². The van der Waals surface area contributed by atoms with E-state index in [0.29, 0.717) is 24.1 Å². The molecule has 2 rings (SSSR count). The molecule has 1 fully saturated rings. The van der Waals surface area contributed by atoms with Crippen LogP contribution in [-0.4, -0.2) is 27.5 Å². The van der Waals surface area contributed by atoms with E-state index in [1.165, 1.54) is 0 Å². The van der Waals surface area contributed by atoms with Gasteiger partial charge in [0.05, 0.1) is 0 Å². The standard InChI is InChI=1S/C13H16N2O4/c1-7-6-8(2)14-10(16)9(7)11(17)15-13(12(18)19)4-3-5-13/h6H,3-5H2,1-2H3,(H,14,16)(H,15,17)(H,18,19). The maximum absolute atomic E-state index is 12.1. The molecule has 0 unspecified atom stereocenters. The van der Waals surface area contributed by atoms with Gasteiger partial charge in [0, 0.05) is 5.69 Å². The third kappa shape index (κ3) is 2.25. The Bertz CT molecular complexity index is 599. The lowest BCUT2D eigenvalue weighted by molar-refractivity contribution is -0.148. The van der Waals surface area contributed by atoms with Gasteiger partial charge in [-0.15, -0.1) is 0 Å². The van der Waals surface area contributed by atoms with Crippen molar-refractivity contribution >= 4 is 11.9 Å². The van der Waals surface area contributed by atoms with Gasteiger partial charge in [0.2, 0.25) is 0 Å². The maximum Gasteiger partial charge on any atom is 0.329 e. The molecule has 3 N–H and O–H groups in total. The predicted octanol–water partition coefficient (Wildman–Crippen LogP) is 0.729. The average Bonchev–Trinajstić information content (AvgIpc) is 2.21. The molecule has 1 aliphatic rings. The summed E-state index contributed by atoms with van der Waals surface area (Å²) < 4.78 is 0. The molecule has 1 amide bonds. The van der Waals surface area contributed by atoms with Crippen molar-refractivity contribution in [2.45, 2.75) is 38.6 Å². The molecule has 6 heteroatoms. The molecule has 1 saturated carbocycles. The molecule has 0 saturated heterocycles. The van der Waals surface area contributed by atoms with Crippen LogP contribution >= 0.6 is 0 Å². The number of carboxylic acids is 1. The van der Waals surface area contributed by atoms with Crippen LogP contribution in [0.4, 0.5) is 0 Å². The Kier molecular flexibility index (Phi) is 3.18. The number of pyridine rings is 1. The number of aryl methyl sites for hydroxylation is 2. The molecular weight excluding hydrogens is 248 g/mol. The molecule has 0 spiro atoms. The van der Waals surface area contributed by atoms with Gasteiger partial charge in [-0.05, 0) is 44.7 Å². The van der Waals surface area contributed by atoms with E-state index < -0.39 is 23.0 Å². The molecule has 0 aliphatic heterocycles. The summed E-state index contributed by atoms with van der Waals surface area (Å²) in [5, 5.41) is 11.6. The van der Waals surface area contributed by atoms with Crippen LogP contribution in [-0.2, 0) is 4.79 Å². The molecule has 102 valence electrons. The minimum absolute atomic E-state index is 0.0156. The minimum atomic E-state index is -1.21. The van der Waals surface area contributed by atoms with Crippen molar-refractivity contribution in [3.63, 3.8) is 0 Å². The van der Waals surface area contributed by atoms with Gasteiger partial charge in [-0.1, -0.05) is 0 Å². The molecule has 0 bridgehead atoms. The Labute approximate surface area is 109 Å². The molecule has 1 aliphatic carbocycles. The zero-order chi connectivity index (χ0) is 14.2. The zero-order valence-electron chi connectivity index (χ0n) is 10.9. The van der Waals surface area contributed by atoms with Gasteiger partial charge in [0.15, 0.2) is 0 Å². The van der Waals surface area contributed by atoms with E-state index in [4.69, 9.17) is 5.11 Å². The van der Waals surface area contributed by atoms with Gasteiger partial charge >= 0.3 is 5.97 Å². The van der Waals surface area contributed by atoms with Crippen LogP contribution in [0.15, 0.2) is 10.9 Å². The van der Waals surface area contributed by atoms with Gasteiger partial charge in [-0.25, -0.2) is 4.79 Å². The minimum Gasteiger partial charge on any atom is -0.480 e. The fourth-order valence-electron chi connectivity index (χ4n) is 2.34. The topological polar surface area (TPSA) is 99.3 Å². The molecule has 1 heterocycles. The Hall–Kier alpha value is -2.11. The number of aliphatic carboxylic acids is 1. The summed E-state index contributed by atoms with van der Waals surface area (Å²) in [6, 6.07) is 1.69. The van der Waals surface area contributed by atoms with Gasteiger partial charge in [-0.2, -0.15) is 0 Å². The number of carbonyl (C=O) groups is 2. The lowest BCUT2D eigenvalue weighted by Crippen LogP contribution is -2.59. The van der Waals surface area contributed by atoms with E-state index >= 15 is 0 Å². The summed E-state index contributed by atoms with van der Waals surface area (Å²) in [6.07, 6.45) is 1.56. The summed E-state index contributed by atoms with van der Waals surface area (Å²) >= 11 is 0. The van der Waals surface area contributed by atoms with Crippen LogP contribution in [0.2, 0.25) is 0 Å². The molecule has 6 nitrogen and oxygen atoms in total. The summed E-state index contributed by atoms with van der Waals surface area (Å²) in [4.78, 5) is 37.7. The van der Waals surface area contributed by atoms with Gasteiger partial charge in [0.25, 0.3) is 11.5 Å². The van der Waals surface area contributed by atoms with Gasteiger partial charge < -0.3 is 15.4 Å². The Morgan fingerprint density at radius 2 is 2.00 bits per heavy atom. The number of hydrogen-bond acceptors (Lipinski definition) is 3. The third-order valence-electron chi connectivity index (χ3n) is 3.56. The van der Waals surface area contributed by atoms with Crippen molar-refractivity contribution in [3.8, 4) is 0 Å². The van der Waals surface area contributed by atoms with Crippen molar-refractivity contribution in [2.24, 2.45) is 0 Å². The number of hydrogen-bond donors (Lipinski definition) is 3. The van der Waals surface area contributed by atoms with E-state index in [1.807, 2.05) is 0 Å². The quantitative estimate of drug-likeness (QED) is 0.749. The summed E-state index contributed by atoms with van der Waals surface area (Å²) in [7, 11) is 0. The number of rotatable bonds is 3.